The van der Waals surface area contributed by atoms with Crippen LogP contribution in [0.15, 0.2) is 51.8 Å². The molecule has 0 radical (unpaired) electrons. The molecule has 0 fully saturated rings. The van der Waals surface area contributed by atoms with Gasteiger partial charge in [0.1, 0.15) is 22.3 Å². The molecule has 2 rings (SSSR count). The largest absolute Gasteiger partial charge is 0.293 e. The summed E-state index contributed by atoms with van der Waals surface area (Å²) in [4.78, 5) is 11.2. The van der Waals surface area contributed by atoms with Crippen LogP contribution < -0.4 is 0 Å². The van der Waals surface area contributed by atoms with Crippen LogP contribution in [0.4, 0.5) is 8.78 Å². The van der Waals surface area contributed by atoms with Crippen LogP contribution in [-0.2, 0) is 9.84 Å². The van der Waals surface area contributed by atoms with E-state index in [1.165, 1.54) is 12.1 Å². The number of ketones is 1. The molecule has 0 saturated carbocycles. The van der Waals surface area contributed by atoms with Crippen LogP contribution in [0.5, 0.6) is 0 Å². The lowest BCUT2D eigenvalue weighted by Gasteiger charge is -2.06. The van der Waals surface area contributed by atoms with Gasteiger partial charge in [-0.15, -0.1) is 0 Å². The minimum atomic E-state index is -4.25. The lowest BCUT2D eigenvalue weighted by Crippen LogP contribution is -2.17. The topological polar surface area (TPSA) is 51.2 Å². The second-order valence-electron chi connectivity index (χ2n) is 4.27. The molecule has 110 valence electrons. The van der Waals surface area contributed by atoms with Crippen LogP contribution in [0, 0.1) is 11.6 Å². The van der Waals surface area contributed by atoms with E-state index in [9.17, 15) is 22.0 Å². The third kappa shape index (κ3) is 3.74. The summed E-state index contributed by atoms with van der Waals surface area (Å²) < 4.78 is 51.3. The number of hydrogen-bond acceptors (Lipinski definition) is 3. The standard InChI is InChI=1S/C14H9BrF2O3S/c15-10-3-1-2-9(6-10)13(18)8-21(19,20)14-7-11(16)4-5-12(14)17/h1-7H,8H2. The van der Waals surface area contributed by atoms with Crippen LogP contribution in [0.1, 0.15) is 10.4 Å². The van der Waals surface area contributed by atoms with Gasteiger partial charge in [-0.1, -0.05) is 28.1 Å². The van der Waals surface area contributed by atoms with Gasteiger partial charge < -0.3 is 0 Å². The van der Waals surface area contributed by atoms with Crippen molar-refractivity contribution in [2.75, 3.05) is 5.75 Å². The summed E-state index contributed by atoms with van der Waals surface area (Å²) in [6.07, 6.45) is 0. The molecule has 0 atom stereocenters. The molecule has 0 N–H and O–H groups in total. The van der Waals surface area contributed by atoms with Gasteiger partial charge in [0.15, 0.2) is 15.6 Å². The third-order valence-electron chi connectivity index (χ3n) is 2.70. The van der Waals surface area contributed by atoms with Gasteiger partial charge in [-0.25, -0.2) is 17.2 Å². The Morgan fingerprint density at radius 3 is 2.48 bits per heavy atom. The summed E-state index contributed by atoms with van der Waals surface area (Å²) in [6, 6.07) is 8.25. The monoisotopic (exact) mass is 374 g/mol. The average Bonchev–Trinajstić information content (AvgIpc) is 2.41. The molecule has 0 spiro atoms. The van der Waals surface area contributed by atoms with Crippen molar-refractivity contribution in [3.8, 4) is 0 Å². The first-order valence-electron chi connectivity index (χ1n) is 5.76. The average molecular weight is 375 g/mol. The van der Waals surface area contributed by atoms with Crippen molar-refractivity contribution in [3.05, 3.63) is 64.1 Å². The number of hydrogen-bond donors (Lipinski definition) is 0. The summed E-state index contributed by atoms with van der Waals surface area (Å²) in [7, 11) is -4.25. The van der Waals surface area contributed by atoms with Crippen LogP contribution in [-0.4, -0.2) is 20.0 Å². The molecule has 0 aliphatic rings. The first-order valence-corrected chi connectivity index (χ1v) is 8.21. The second kappa shape index (κ2) is 6.03. The van der Waals surface area contributed by atoms with E-state index in [0.717, 1.165) is 6.07 Å². The minimum Gasteiger partial charge on any atom is -0.293 e. The quantitative estimate of drug-likeness (QED) is 0.770. The van der Waals surface area contributed by atoms with Crippen molar-refractivity contribution < 1.29 is 22.0 Å². The fourth-order valence-corrected chi connectivity index (χ4v) is 3.43. The highest BCUT2D eigenvalue weighted by atomic mass is 79.9. The Labute approximate surface area is 128 Å². The molecule has 0 aliphatic carbocycles. The lowest BCUT2D eigenvalue weighted by molar-refractivity contribution is 0.102. The first kappa shape index (κ1) is 15.8. The number of halogens is 3. The normalized spacial score (nSPS) is 11.4. The van der Waals surface area contributed by atoms with Gasteiger partial charge in [-0.2, -0.15) is 0 Å². The van der Waals surface area contributed by atoms with E-state index in [1.807, 2.05) is 0 Å². The number of rotatable bonds is 4. The smallest absolute Gasteiger partial charge is 0.188 e. The van der Waals surface area contributed by atoms with Crippen LogP contribution in [0.25, 0.3) is 0 Å². The van der Waals surface area contributed by atoms with Gasteiger partial charge in [0.05, 0.1) is 0 Å². The summed E-state index contributed by atoms with van der Waals surface area (Å²) in [5.74, 6) is -3.59. The SMILES string of the molecule is O=C(CS(=O)(=O)c1cc(F)ccc1F)c1cccc(Br)c1. The number of sulfone groups is 1. The maximum atomic E-state index is 13.5. The molecule has 0 unspecified atom stereocenters. The molecule has 0 amide bonds. The Bertz CT molecular complexity index is 804. The Kier molecular flexibility index (Phi) is 4.53. The molecule has 0 heterocycles. The van der Waals surface area contributed by atoms with Gasteiger partial charge in [0.25, 0.3) is 0 Å². The van der Waals surface area contributed by atoms with Crippen molar-refractivity contribution in [2.45, 2.75) is 4.90 Å². The van der Waals surface area contributed by atoms with Crippen molar-refractivity contribution in [1.82, 2.24) is 0 Å². The zero-order chi connectivity index (χ0) is 15.6. The van der Waals surface area contributed by atoms with E-state index in [4.69, 9.17) is 0 Å². The zero-order valence-corrected chi connectivity index (χ0v) is 12.9. The van der Waals surface area contributed by atoms with Crippen molar-refractivity contribution >= 4 is 31.6 Å². The van der Waals surface area contributed by atoms with Gasteiger partial charge in [0, 0.05) is 10.0 Å². The Hall–Kier alpha value is -1.60. The molecule has 2 aromatic rings. The van der Waals surface area contributed by atoms with Crippen molar-refractivity contribution in [2.24, 2.45) is 0 Å². The van der Waals surface area contributed by atoms with Crippen LogP contribution in [0.3, 0.4) is 0 Å². The van der Waals surface area contributed by atoms with Gasteiger partial charge in [0.2, 0.25) is 0 Å². The highest BCUT2D eigenvalue weighted by molar-refractivity contribution is 9.10. The van der Waals surface area contributed by atoms with E-state index in [2.05, 4.69) is 15.9 Å². The van der Waals surface area contributed by atoms with Crippen LogP contribution >= 0.6 is 15.9 Å². The Morgan fingerprint density at radius 2 is 1.81 bits per heavy atom. The van der Waals surface area contributed by atoms with Gasteiger partial charge in [-0.05, 0) is 30.3 Å². The predicted octanol–water partition coefficient (Wildman–Crippen LogP) is 3.38. The molecule has 0 aliphatic heterocycles. The number of carbonyl (C=O) groups is 1. The van der Waals surface area contributed by atoms with E-state index in [-0.39, 0.29) is 5.56 Å². The lowest BCUT2D eigenvalue weighted by atomic mass is 10.2. The molecule has 0 aromatic heterocycles. The van der Waals surface area contributed by atoms with Gasteiger partial charge in [-0.3, -0.25) is 4.79 Å². The molecule has 7 heteroatoms. The second-order valence-corrected chi connectivity index (χ2v) is 7.14. The summed E-state index contributed by atoms with van der Waals surface area (Å²) in [5.41, 5.74) is 0.171. The first-order chi connectivity index (χ1) is 9.79. The Morgan fingerprint density at radius 1 is 1.10 bits per heavy atom. The zero-order valence-electron chi connectivity index (χ0n) is 10.5. The molecular weight excluding hydrogens is 366 g/mol. The van der Waals surface area contributed by atoms with Crippen molar-refractivity contribution in [1.29, 1.82) is 0 Å². The Balaban J connectivity index is 2.33. The maximum absolute atomic E-state index is 13.5. The summed E-state index contributed by atoms with van der Waals surface area (Å²) >= 11 is 3.16. The maximum Gasteiger partial charge on any atom is 0.188 e. The van der Waals surface area contributed by atoms with E-state index in [1.54, 1.807) is 12.1 Å². The number of carbonyl (C=O) groups excluding carboxylic acids is 1. The molecule has 2 aromatic carbocycles. The fourth-order valence-electron chi connectivity index (χ4n) is 1.71. The van der Waals surface area contributed by atoms with Crippen molar-refractivity contribution in [3.63, 3.8) is 0 Å². The van der Waals surface area contributed by atoms with E-state index in [0.29, 0.717) is 16.6 Å². The molecule has 3 nitrogen and oxygen atoms in total. The molecule has 0 saturated heterocycles. The predicted molar refractivity (Wildman–Crippen MR) is 76.9 cm³/mol. The van der Waals surface area contributed by atoms with Gasteiger partial charge >= 0.3 is 0 Å². The van der Waals surface area contributed by atoms with Crippen LogP contribution in [0.2, 0.25) is 0 Å². The van der Waals surface area contributed by atoms with E-state index < -0.39 is 37.9 Å². The number of Topliss-reactive ketones (excluding diaryl/α,β-unsaturated/α-hetero) is 1. The van der Waals surface area contributed by atoms with E-state index >= 15 is 0 Å². The third-order valence-corrected chi connectivity index (χ3v) is 4.81. The molecule has 0 bridgehead atoms. The number of benzene rings is 2. The fraction of sp³-hybridized carbons (Fsp3) is 0.0714. The molecular formula is C14H9BrF2O3S. The highest BCUT2D eigenvalue weighted by Crippen LogP contribution is 2.19. The summed E-state index contributed by atoms with van der Waals surface area (Å²) in [6.45, 7) is 0. The highest BCUT2D eigenvalue weighted by Gasteiger charge is 2.24. The minimum absolute atomic E-state index is 0.171. The summed E-state index contributed by atoms with van der Waals surface area (Å²) in [5, 5.41) is 0. The molecule has 21 heavy (non-hydrogen) atoms.